The van der Waals surface area contributed by atoms with Gasteiger partial charge in [-0.05, 0) is 23.6 Å². The van der Waals surface area contributed by atoms with Crippen LogP contribution < -0.4 is 5.32 Å². The quantitative estimate of drug-likeness (QED) is 0.682. The Kier molecular flexibility index (Phi) is 5.68. The number of halogens is 1. The van der Waals surface area contributed by atoms with E-state index in [9.17, 15) is 0 Å². The molecule has 1 N–H and O–H groups in total. The molecule has 0 fully saturated rings. The molecule has 0 spiro atoms. The number of rotatable bonds is 7. The van der Waals surface area contributed by atoms with Gasteiger partial charge in [-0.3, -0.25) is 4.68 Å². The van der Waals surface area contributed by atoms with E-state index < -0.39 is 0 Å². The van der Waals surface area contributed by atoms with Crippen molar-refractivity contribution in [3.8, 4) is 11.3 Å². The second-order valence-corrected chi connectivity index (χ2v) is 6.97. The van der Waals surface area contributed by atoms with Crippen molar-refractivity contribution >= 4 is 22.9 Å². The van der Waals surface area contributed by atoms with Gasteiger partial charge in [-0.2, -0.15) is 5.10 Å². The number of nitrogens with zero attached hydrogens (tertiary/aromatic N) is 2. The van der Waals surface area contributed by atoms with Gasteiger partial charge in [0.05, 0.1) is 5.69 Å². The van der Waals surface area contributed by atoms with Gasteiger partial charge in [-0.15, -0.1) is 11.3 Å². The van der Waals surface area contributed by atoms with Gasteiger partial charge in [0.1, 0.15) is 6.10 Å². The highest BCUT2D eigenvalue weighted by Gasteiger charge is 2.13. The summed E-state index contributed by atoms with van der Waals surface area (Å²) in [6, 6.07) is 11.9. The SMILES string of the molecule is CO[C@H](CNCc1cn(C)nc1-c1cccc(Cl)c1)c1cccs1. The molecule has 2 aromatic heterocycles. The van der Waals surface area contributed by atoms with Crippen LogP contribution in [0.15, 0.2) is 48.0 Å². The third kappa shape index (κ3) is 4.05. The molecule has 6 heteroatoms. The van der Waals surface area contributed by atoms with Crippen molar-refractivity contribution in [3.05, 3.63) is 63.4 Å². The lowest BCUT2D eigenvalue weighted by atomic mass is 10.1. The van der Waals surface area contributed by atoms with Crippen LogP contribution in [-0.2, 0) is 18.3 Å². The number of hydrogen-bond acceptors (Lipinski definition) is 4. The van der Waals surface area contributed by atoms with Crippen LogP contribution in [0.5, 0.6) is 0 Å². The van der Waals surface area contributed by atoms with E-state index in [1.807, 2.05) is 48.3 Å². The van der Waals surface area contributed by atoms with Gasteiger partial charge in [-0.25, -0.2) is 0 Å². The van der Waals surface area contributed by atoms with E-state index in [0.29, 0.717) is 5.02 Å². The van der Waals surface area contributed by atoms with Crippen LogP contribution >= 0.6 is 22.9 Å². The molecule has 0 amide bonds. The normalized spacial score (nSPS) is 12.5. The molecule has 0 saturated carbocycles. The smallest absolute Gasteiger partial charge is 0.104 e. The van der Waals surface area contributed by atoms with Crippen molar-refractivity contribution in [2.75, 3.05) is 13.7 Å². The fourth-order valence-corrected chi connectivity index (χ4v) is 3.65. The van der Waals surface area contributed by atoms with Crippen molar-refractivity contribution in [3.63, 3.8) is 0 Å². The lowest BCUT2D eigenvalue weighted by Gasteiger charge is -2.14. The van der Waals surface area contributed by atoms with Gasteiger partial charge >= 0.3 is 0 Å². The molecule has 3 rings (SSSR count). The van der Waals surface area contributed by atoms with Crippen molar-refractivity contribution in [1.29, 1.82) is 0 Å². The maximum Gasteiger partial charge on any atom is 0.104 e. The van der Waals surface area contributed by atoms with E-state index >= 15 is 0 Å². The minimum atomic E-state index is 0.0660. The zero-order chi connectivity index (χ0) is 16.9. The zero-order valence-corrected chi connectivity index (χ0v) is 15.3. The molecular formula is C18H20ClN3OS. The van der Waals surface area contributed by atoms with E-state index in [1.165, 1.54) is 4.88 Å². The maximum absolute atomic E-state index is 6.11. The predicted molar refractivity (Wildman–Crippen MR) is 99.4 cm³/mol. The van der Waals surface area contributed by atoms with Crippen LogP contribution in [0.3, 0.4) is 0 Å². The molecular weight excluding hydrogens is 342 g/mol. The summed E-state index contributed by atoms with van der Waals surface area (Å²) in [5, 5.41) is 10.8. The molecule has 0 unspecified atom stereocenters. The molecule has 0 aliphatic rings. The topological polar surface area (TPSA) is 39.1 Å². The van der Waals surface area contributed by atoms with E-state index in [0.717, 1.165) is 29.9 Å². The average Bonchev–Trinajstić information content (AvgIpc) is 3.21. The highest BCUT2D eigenvalue weighted by atomic mass is 35.5. The summed E-state index contributed by atoms with van der Waals surface area (Å²) in [6.07, 6.45) is 2.10. The molecule has 2 heterocycles. The number of nitrogens with one attached hydrogen (secondary N) is 1. The Labute approximate surface area is 151 Å². The first-order valence-corrected chi connectivity index (χ1v) is 8.98. The maximum atomic E-state index is 6.11. The molecule has 1 aromatic carbocycles. The number of thiophene rings is 1. The Balaban J connectivity index is 1.70. The second-order valence-electron chi connectivity index (χ2n) is 5.56. The highest BCUT2D eigenvalue weighted by molar-refractivity contribution is 7.10. The molecule has 1 atom stereocenters. The molecule has 0 bridgehead atoms. The van der Waals surface area contributed by atoms with Crippen LogP contribution in [0.2, 0.25) is 5.02 Å². The minimum absolute atomic E-state index is 0.0660. The number of methoxy groups -OCH3 is 1. The first kappa shape index (κ1) is 17.2. The Morgan fingerprint density at radius 3 is 2.92 bits per heavy atom. The second kappa shape index (κ2) is 7.94. The molecule has 0 radical (unpaired) electrons. The van der Waals surface area contributed by atoms with Gasteiger partial charge in [0, 0.05) is 54.5 Å². The summed E-state index contributed by atoms with van der Waals surface area (Å²) < 4.78 is 7.41. The summed E-state index contributed by atoms with van der Waals surface area (Å²) in [5.74, 6) is 0. The van der Waals surface area contributed by atoms with Crippen molar-refractivity contribution in [2.24, 2.45) is 7.05 Å². The molecule has 0 saturated heterocycles. The summed E-state index contributed by atoms with van der Waals surface area (Å²) in [4.78, 5) is 1.23. The van der Waals surface area contributed by atoms with Gasteiger partial charge in [0.15, 0.2) is 0 Å². The lowest BCUT2D eigenvalue weighted by molar-refractivity contribution is 0.105. The Hall–Kier alpha value is -1.66. The van der Waals surface area contributed by atoms with E-state index in [2.05, 4.69) is 21.9 Å². The summed E-state index contributed by atoms with van der Waals surface area (Å²) >= 11 is 7.82. The number of benzene rings is 1. The van der Waals surface area contributed by atoms with Gasteiger partial charge in [-0.1, -0.05) is 29.8 Å². The fraction of sp³-hybridized carbons (Fsp3) is 0.278. The Bertz CT molecular complexity index is 785. The van der Waals surface area contributed by atoms with Gasteiger partial charge in [0.25, 0.3) is 0 Å². The first-order chi connectivity index (χ1) is 11.7. The van der Waals surface area contributed by atoms with Crippen LogP contribution in [0, 0.1) is 0 Å². The highest BCUT2D eigenvalue weighted by Crippen LogP contribution is 2.25. The molecule has 126 valence electrons. The van der Waals surface area contributed by atoms with Crippen LogP contribution in [-0.4, -0.2) is 23.4 Å². The Morgan fingerprint density at radius 2 is 2.21 bits per heavy atom. The minimum Gasteiger partial charge on any atom is -0.375 e. The summed E-state index contributed by atoms with van der Waals surface area (Å²) in [5.41, 5.74) is 3.12. The number of hydrogen-bond donors (Lipinski definition) is 1. The van der Waals surface area contributed by atoms with Crippen molar-refractivity contribution < 1.29 is 4.74 Å². The summed E-state index contributed by atoms with van der Waals surface area (Å²) in [6.45, 7) is 1.47. The Morgan fingerprint density at radius 1 is 1.33 bits per heavy atom. The zero-order valence-electron chi connectivity index (χ0n) is 13.7. The monoisotopic (exact) mass is 361 g/mol. The van der Waals surface area contributed by atoms with Crippen molar-refractivity contribution in [2.45, 2.75) is 12.6 Å². The molecule has 0 aliphatic carbocycles. The van der Waals surface area contributed by atoms with E-state index in [-0.39, 0.29) is 6.10 Å². The first-order valence-electron chi connectivity index (χ1n) is 7.72. The van der Waals surface area contributed by atoms with Gasteiger partial charge < -0.3 is 10.1 Å². The van der Waals surface area contributed by atoms with Crippen LogP contribution in [0.1, 0.15) is 16.5 Å². The standard InChI is InChI=1S/C18H20ClN3OS/c1-22-12-14(18(21-22)13-5-3-6-15(19)9-13)10-20-11-16(23-2)17-7-4-8-24-17/h3-9,12,16,20H,10-11H2,1-2H3/t16-/m1/s1. The third-order valence-electron chi connectivity index (χ3n) is 3.79. The van der Waals surface area contributed by atoms with Gasteiger partial charge in [0.2, 0.25) is 0 Å². The molecule has 4 nitrogen and oxygen atoms in total. The number of aromatic nitrogens is 2. The number of ether oxygens (including phenoxy) is 1. The number of aryl methyl sites for hydroxylation is 1. The fourth-order valence-electron chi connectivity index (χ4n) is 2.66. The third-order valence-corrected chi connectivity index (χ3v) is 4.99. The summed E-state index contributed by atoms with van der Waals surface area (Å²) in [7, 11) is 3.68. The van der Waals surface area contributed by atoms with Crippen LogP contribution in [0.25, 0.3) is 11.3 Å². The van der Waals surface area contributed by atoms with E-state index in [1.54, 1.807) is 18.4 Å². The predicted octanol–water partition coefficient (Wildman–Crippen LogP) is 4.28. The van der Waals surface area contributed by atoms with Crippen LogP contribution in [0.4, 0.5) is 0 Å². The largest absolute Gasteiger partial charge is 0.375 e. The molecule has 0 aliphatic heterocycles. The lowest BCUT2D eigenvalue weighted by Crippen LogP contribution is -2.22. The molecule has 3 aromatic rings. The molecule has 24 heavy (non-hydrogen) atoms. The van der Waals surface area contributed by atoms with E-state index in [4.69, 9.17) is 16.3 Å². The van der Waals surface area contributed by atoms with Crippen molar-refractivity contribution in [1.82, 2.24) is 15.1 Å². The average molecular weight is 362 g/mol.